The molecule has 0 amide bonds. The quantitative estimate of drug-likeness (QED) is 0.667. The molecule has 0 saturated heterocycles. The van der Waals surface area contributed by atoms with E-state index in [2.05, 4.69) is 0 Å². The first-order valence-corrected chi connectivity index (χ1v) is 4.77. The van der Waals surface area contributed by atoms with Crippen LogP contribution in [-0.4, -0.2) is 6.18 Å². The van der Waals surface area contributed by atoms with Crippen molar-refractivity contribution in [3.63, 3.8) is 0 Å². The van der Waals surface area contributed by atoms with Crippen LogP contribution in [0.15, 0.2) is 24.3 Å². The van der Waals surface area contributed by atoms with Crippen LogP contribution < -0.4 is 0 Å². The fraction of sp³-hybridized carbons (Fsp3) is 0.455. The Balaban J connectivity index is 2.99. The van der Waals surface area contributed by atoms with Gasteiger partial charge in [0.2, 0.25) is 0 Å². The molecule has 0 fully saturated rings. The lowest BCUT2D eigenvalue weighted by Gasteiger charge is -2.19. The number of hydrogen-bond donors (Lipinski definition) is 0. The zero-order valence-electron chi connectivity index (χ0n) is 8.31. The molecule has 1 aromatic carbocycles. The van der Waals surface area contributed by atoms with Gasteiger partial charge in [0.25, 0.3) is 0 Å². The standard InChI is InChI=1S/C11H12F4/c1-2-4-10(11(13,14)15)8-5-3-6-9(12)7-8/h3,5-7,10H,2,4H2,1H3. The van der Waals surface area contributed by atoms with Gasteiger partial charge in [0.1, 0.15) is 5.82 Å². The lowest BCUT2D eigenvalue weighted by atomic mass is 9.94. The summed E-state index contributed by atoms with van der Waals surface area (Å²) in [6.07, 6.45) is -3.89. The van der Waals surface area contributed by atoms with E-state index in [-0.39, 0.29) is 12.0 Å². The third-order valence-corrected chi connectivity index (χ3v) is 2.22. The Hall–Kier alpha value is -1.06. The molecule has 0 aromatic heterocycles. The fourth-order valence-electron chi connectivity index (χ4n) is 1.53. The highest BCUT2D eigenvalue weighted by atomic mass is 19.4. The minimum atomic E-state index is -4.30. The average Bonchev–Trinajstić information content (AvgIpc) is 2.12. The van der Waals surface area contributed by atoms with Crippen LogP contribution in [0.1, 0.15) is 31.2 Å². The summed E-state index contributed by atoms with van der Waals surface area (Å²) in [5.41, 5.74) is 0.00403. The lowest BCUT2D eigenvalue weighted by molar-refractivity contribution is -0.152. The van der Waals surface area contributed by atoms with E-state index in [4.69, 9.17) is 0 Å². The Kier molecular flexibility index (Phi) is 3.72. The molecule has 0 radical (unpaired) electrons. The van der Waals surface area contributed by atoms with Gasteiger partial charge in [-0.15, -0.1) is 0 Å². The summed E-state index contributed by atoms with van der Waals surface area (Å²) in [5, 5.41) is 0. The molecule has 0 nitrogen and oxygen atoms in total. The lowest BCUT2D eigenvalue weighted by Crippen LogP contribution is -2.20. The van der Waals surface area contributed by atoms with Gasteiger partial charge in [0, 0.05) is 0 Å². The van der Waals surface area contributed by atoms with Crippen molar-refractivity contribution >= 4 is 0 Å². The summed E-state index contributed by atoms with van der Waals surface area (Å²) in [4.78, 5) is 0. The van der Waals surface area contributed by atoms with E-state index in [9.17, 15) is 17.6 Å². The van der Waals surface area contributed by atoms with Crippen molar-refractivity contribution in [2.45, 2.75) is 31.9 Å². The van der Waals surface area contributed by atoms with E-state index < -0.39 is 17.9 Å². The van der Waals surface area contributed by atoms with Crippen molar-refractivity contribution in [2.75, 3.05) is 0 Å². The van der Waals surface area contributed by atoms with Crippen molar-refractivity contribution in [1.29, 1.82) is 0 Å². The minimum Gasteiger partial charge on any atom is -0.207 e. The molecule has 1 aromatic rings. The van der Waals surface area contributed by atoms with Gasteiger partial charge in [-0.25, -0.2) is 4.39 Å². The van der Waals surface area contributed by atoms with Crippen LogP contribution in [-0.2, 0) is 0 Å². The van der Waals surface area contributed by atoms with Crippen molar-refractivity contribution in [2.24, 2.45) is 0 Å². The van der Waals surface area contributed by atoms with E-state index >= 15 is 0 Å². The van der Waals surface area contributed by atoms with Gasteiger partial charge in [0.05, 0.1) is 5.92 Å². The number of hydrogen-bond acceptors (Lipinski definition) is 0. The van der Waals surface area contributed by atoms with Gasteiger partial charge in [-0.3, -0.25) is 0 Å². The van der Waals surface area contributed by atoms with E-state index in [1.54, 1.807) is 6.92 Å². The van der Waals surface area contributed by atoms with E-state index in [0.29, 0.717) is 6.42 Å². The maximum absolute atomic E-state index is 12.8. The minimum absolute atomic E-state index is 0.00403. The Morgan fingerprint density at radius 3 is 2.40 bits per heavy atom. The number of halogens is 4. The topological polar surface area (TPSA) is 0 Å². The molecule has 0 heterocycles. The van der Waals surface area contributed by atoms with Crippen LogP contribution in [0, 0.1) is 5.82 Å². The fourth-order valence-corrected chi connectivity index (χ4v) is 1.53. The summed E-state index contributed by atoms with van der Waals surface area (Å²) >= 11 is 0. The number of rotatable bonds is 3. The van der Waals surface area contributed by atoms with Crippen molar-refractivity contribution in [3.05, 3.63) is 35.6 Å². The van der Waals surface area contributed by atoms with Crippen molar-refractivity contribution in [1.82, 2.24) is 0 Å². The molecule has 1 unspecified atom stereocenters. The van der Waals surface area contributed by atoms with Crippen LogP contribution in [0.2, 0.25) is 0 Å². The third-order valence-electron chi connectivity index (χ3n) is 2.22. The van der Waals surface area contributed by atoms with Gasteiger partial charge in [-0.05, 0) is 24.1 Å². The highest BCUT2D eigenvalue weighted by Gasteiger charge is 2.39. The van der Waals surface area contributed by atoms with Crippen LogP contribution in [0.4, 0.5) is 17.6 Å². The molecule has 15 heavy (non-hydrogen) atoms. The summed E-state index contributed by atoms with van der Waals surface area (Å²) < 4.78 is 50.6. The van der Waals surface area contributed by atoms with Crippen molar-refractivity contribution < 1.29 is 17.6 Å². The Bertz CT molecular complexity index is 317. The predicted octanol–water partition coefficient (Wildman–Crippen LogP) is 4.27. The molecule has 1 rings (SSSR count). The predicted molar refractivity (Wildman–Crippen MR) is 50.1 cm³/mol. The second-order valence-electron chi connectivity index (χ2n) is 3.44. The summed E-state index contributed by atoms with van der Waals surface area (Å²) in [5.74, 6) is -2.18. The van der Waals surface area contributed by atoms with Gasteiger partial charge in [-0.1, -0.05) is 25.5 Å². The second kappa shape index (κ2) is 4.64. The molecule has 1 atom stereocenters. The zero-order chi connectivity index (χ0) is 11.5. The van der Waals surface area contributed by atoms with Crippen LogP contribution in [0.25, 0.3) is 0 Å². The largest absolute Gasteiger partial charge is 0.395 e. The molecule has 0 bridgehead atoms. The van der Waals surface area contributed by atoms with Crippen LogP contribution >= 0.6 is 0 Å². The summed E-state index contributed by atoms with van der Waals surface area (Å²) in [7, 11) is 0. The second-order valence-corrected chi connectivity index (χ2v) is 3.44. The molecule has 0 aliphatic heterocycles. The molecule has 0 N–H and O–H groups in total. The first kappa shape index (κ1) is 12.0. The Morgan fingerprint density at radius 1 is 1.27 bits per heavy atom. The number of alkyl halides is 3. The van der Waals surface area contributed by atoms with Gasteiger partial charge in [-0.2, -0.15) is 13.2 Å². The Labute approximate surface area is 85.9 Å². The highest BCUT2D eigenvalue weighted by Crippen LogP contribution is 2.38. The van der Waals surface area contributed by atoms with Gasteiger partial charge < -0.3 is 0 Å². The monoisotopic (exact) mass is 220 g/mol. The summed E-state index contributed by atoms with van der Waals surface area (Å²) in [6, 6.07) is 4.71. The van der Waals surface area contributed by atoms with Crippen LogP contribution in [0.3, 0.4) is 0 Å². The molecular formula is C11H12F4. The highest BCUT2D eigenvalue weighted by molar-refractivity contribution is 5.22. The van der Waals surface area contributed by atoms with E-state index in [0.717, 1.165) is 12.1 Å². The maximum Gasteiger partial charge on any atom is 0.395 e. The molecule has 0 spiro atoms. The smallest absolute Gasteiger partial charge is 0.207 e. The van der Waals surface area contributed by atoms with E-state index in [1.165, 1.54) is 12.1 Å². The summed E-state index contributed by atoms with van der Waals surface area (Å²) in [6.45, 7) is 1.68. The van der Waals surface area contributed by atoms with Gasteiger partial charge in [0.15, 0.2) is 0 Å². The van der Waals surface area contributed by atoms with Gasteiger partial charge >= 0.3 is 6.18 Å². The normalized spacial score (nSPS) is 13.9. The third kappa shape index (κ3) is 3.22. The molecule has 84 valence electrons. The molecule has 0 aliphatic rings. The number of benzene rings is 1. The molecule has 0 saturated carbocycles. The molecule has 0 aliphatic carbocycles. The Morgan fingerprint density at radius 2 is 1.93 bits per heavy atom. The zero-order valence-corrected chi connectivity index (χ0v) is 8.31. The van der Waals surface area contributed by atoms with E-state index in [1.807, 2.05) is 0 Å². The first-order valence-electron chi connectivity index (χ1n) is 4.77. The molecule has 4 heteroatoms. The van der Waals surface area contributed by atoms with Crippen molar-refractivity contribution in [3.8, 4) is 0 Å². The molecular weight excluding hydrogens is 208 g/mol. The SMILES string of the molecule is CCCC(c1cccc(F)c1)C(F)(F)F. The average molecular weight is 220 g/mol. The first-order chi connectivity index (χ1) is 6.95. The van der Waals surface area contributed by atoms with Crippen LogP contribution in [0.5, 0.6) is 0 Å². The maximum atomic E-state index is 12.8.